The van der Waals surface area contributed by atoms with Crippen molar-refractivity contribution in [1.29, 1.82) is 0 Å². The van der Waals surface area contributed by atoms with E-state index < -0.39 is 36.7 Å². The van der Waals surface area contributed by atoms with Gasteiger partial charge in [0.15, 0.2) is 6.29 Å². The molecule has 0 bridgehead atoms. The normalized spacial score (nSPS) is 15.9. The van der Waals surface area contributed by atoms with Crippen molar-refractivity contribution in [3.8, 4) is 0 Å². The third kappa shape index (κ3) is 5.39. The minimum Gasteiger partial charge on any atom is -0.355 e. The second-order valence-electron chi connectivity index (χ2n) is 8.36. The molecule has 31 heavy (non-hydrogen) atoms. The highest BCUT2D eigenvalue weighted by atomic mass is 32.1. The van der Waals surface area contributed by atoms with Crippen LogP contribution in [0.4, 0.5) is 13.2 Å². The van der Waals surface area contributed by atoms with Crippen molar-refractivity contribution in [2.45, 2.75) is 65.2 Å². The summed E-state index contributed by atoms with van der Waals surface area (Å²) >= 11 is 1.18. The number of nitrogens with one attached hydrogen (secondary N) is 1. The van der Waals surface area contributed by atoms with Crippen molar-refractivity contribution in [3.05, 3.63) is 31.3 Å². The number of alkyl halides is 3. The molecule has 3 rings (SSSR count). The SMILES string of the molecule is COC(CNCc1sc2c(c1C)c(=O)n(CC1(C)CC1)c(=O)n2CCC(F)(F)F)OC. The molecule has 7 nitrogen and oxygen atoms in total. The van der Waals surface area contributed by atoms with Crippen LogP contribution in [0.15, 0.2) is 9.59 Å². The van der Waals surface area contributed by atoms with E-state index in [0.717, 1.165) is 26.9 Å². The second-order valence-corrected chi connectivity index (χ2v) is 9.45. The van der Waals surface area contributed by atoms with Gasteiger partial charge in [0, 0.05) is 45.3 Å². The molecule has 0 aromatic carbocycles. The topological polar surface area (TPSA) is 74.5 Å². The van der Waals surface area contributed by atoms with Gasteiger partial charge in [0.2, 0.25) is 0 Å². The van der Waals surface area contributed by atoms with E-state index in [1.807, 2.05) is 6.92 Å². The van der Waals surface area contributed by atoms with Crippen LogP contribution >= 0.6 is 11.3 Å². The predicted octanol–water partition coefficient (Wildman–Crippen LogP) is 2.99. The van der Waals surface area contributed by atoms with Crippen LogP contribution in [0.2, 0.25) is 0 Å². The van der Waals surface area contributed by atoms with Gasteiger partial charge in [-0.05, 0) is 30.7 Å². The molecule has 1 fully saturated rings. The molecule has 0 saturated heterocycles. The lowest BCUT2D eigenvalue weighted by Gasteiger charge is -2.15. The van der Waals surface area contributed by atoms with Crippen molar-refractivity contribution >= 4 is 21.6 Å². The number of ether oxygens (including phenoxy) is 2. The van der Waals surface area contributed by atoms with Crippen LogP contribution < -0.4 is 16.6 Å². The molecule has 174 valence electrons. The van der Waals surface area contributed by atoms with E-state index in [1.165, 1.54) is 25.6 Å². The van der Waals surface area contributed by atoms with Crippen LogP contribution in [-0.2, 0) is 29.1 Å². The second kappa shape index (κ2) is 9.05. The van der Waals surface area contributed by atoms with Crippen LogP contribution in [0.5, 0.6) is 0 Å². The number of rotatable bonds is 10. The molecule has 1 saturated carbocycles. The third-order valence-electron chi connectivity index (χ3n) is 5.78. The Balaban J connectivity index is 2.03. The average Bonchev–Trinajstić information content (AvgIpc) is 3.34. The zero-order chi connectivity index (χ0) is 23.0. The summed E-state index contributed by atoms with van der Waals surface area (Å²) in [6.07, 6.45) is -4.21. The van der Waals surface area contributed by atoms with Gasteiger partial charge < -0.3 is 14.8 Å². The Morgan fingerprint density at radius 3 is 2.39 bits per heavy atom. The number of nitrogens with zero attached hydrogens (tertiary/aromatic N) is 2. The molecule has 0 aliphatic heterocycles. The first-order valence-electron chi connectivity index (χ1n) is 10.1. The number of thiophene rings is 1. The molecule has 1 aliphatic carbocycles. The third-order valence-corrected chi connectivity index (χ3v) is 7.09. The summed E-state index contributed by atoms with van der Waals surface area (Å²) in [5, 5.41) is 3.48. The summed E-state index contributed by atoms with van der Waals surface area (Å²) in [5.74, 6) is 0. The van der Waals surface area contributed by atoms with E-state index in [0.29, 0.717) is 28.9 Å². The highest BCUT2D eigenvalue weighted by Gasteiger charge is 2.39. The van der Waals surface area contributed by atoms with Gasteiger partial charge in [-0.3, -0.25) is 13.9 Å². The maximum atomic E-state index is 13.2. The summed E-state index contributed by atoms with van der Waals surface area (Å²) in [4.78, 5) is 27.3. The molecular formula is C20H28F3N3O4S. The van der Waals surface area contributed by atoms with Gasteiger partial charge in [-0.25, -0.2) is 4.79 Å². The first-order valence-corrected chi connectivity index (χ1v) is 10.9. The number of halogens is 3. The van der Waals surface area contributed by atoms with Gasteiger partial charge >= 0.3 is 11.9 Å². The largest absolute Gasteiger partial charge is 0.390 e. The van der Waals surface area contributed by atoms with Gasteiger partial charge in [0.25, 0.3) is 5.56 Å². The molecule has 0 amide bonds. The number of aromatic nitrogens is 2. The van der Waals surface area contributed by atoms with Gasteiger partial charge in [-0.1, -0.05) is 6.92 Å². The number of aryl methyl sites for hydroxylation is 2. The Labute approximate surface area is 181 Å². The lowest BCUT2D eigenvalue weighted by Crippen LogP contribution is -2.41. The Morgan fingerprint density at radius 1 is 1.19 bits per heavy atom. The van der Waals surface area contributed by atoms with Crippen LogP contribution in [0.25, 0.3) is 10.2 Å². The summed E-state index contributed by atoms with van der Waals surface area (Å²) in [6, 6.07) is 0. The number of methoxy groups -OCH3 is 2. The van der Waals surface area contributed by atoms with Crippen LogP contribution in [-0.4, -0.2) is 42.4 Å². The highest BCUT2D eigenvalue weighted by Crippen LogP contribution is 2.46. The van der Waals surface area contributed by atoms with E-state index in [2.05, 4.69) is 5.32 Å². The smallest absolute Gasteiger partial charge is 0.355 e. The van der Waals surface area contributed by atoms with Crippen molar-refractivity contribution in [2.75, 3.05) is 20.8 Å². The van der Waals surface area contributed by atoms with Gasteiger partial charge in [0.05, 0.1) is 11.8 Å². The maximum absolute atomic E-state index is 13.2. The first kappa shape index (κ1) is 24.0. The van der Waals surface area contributed by atoms with E-state index in [9.17, 15) is 22.8 Å². The molecule has 0 atom stereocenters. The zero-order valence-corrected chi connectivity index (χ0v) is 18.9. The standard InChI is InChI=1S/C20H28F3N3O4S/c1-12-13(9-24-10-14(29-3)30-4)31-17-15(12)16(27)26(11-19(2)5-6-19)18(28)25(17)8-7-20(21,22)23/h14,24H,5-11H2,1-4H3. The summed E-state index contributed by atoms with van der Waals surface area (Å²) < 4.78 is 51.2. The first-order chi connectivity index (χ1) is 14.5. The summed E-state index contributed by atoms with van der Waals surface area (Å²) in [7, 11) is 3.03. The maximum Gasteiger partial charge on any atom is 0.390 e. The number of hydrogen-bond acceptors (Lipinski definition) is 6. The Bertz CT molecular complexity index is 1050. The molecule has 2 aromatic heterocycles. The monoisotopic (exact) mass is 463 g/mol. The summed E-state index contributed by atoms with van der Waals surface area (Å²) in [5.41, 5.74) is -0.570. The molecule has 11 heteroatoms. The van der Waals surface area contributed by atoms with E-state index in [1.54, 1.807) is 6.92 Å². The Morgan fingerprint density at radius 2 is 1.84 bits per heavy atom. The molecule has 2 aromatic rings. The fourth-order valence-electron chi connectivity index (χ4n) is 3.50. The van der Waals surface area contributed by atoms with Gasteiger partial charge in [-0.15, -0.1) is 11.3 Å². The molecule has 0 spiro atoms. The highest BCUT2D eigenvalue weighted by molar-refractivity contribution is 7.18. The average molecular weight is 464 g/mol. The molecule has 0 radical (unpaired) electrons. The van der Waals surface area contributed by atoms with Crippen molar-refractivity contribution in [2.24, 2.45) is 5.41 Å². The van der Waals surface area contributed by atoms with E-state index >= 15 is 0 Å². The van der Waals surface area contributed by atoms with Crippen molar-refractivity contribution in [1.82, 2.24) is 14.5 Å². The molecule has 1 aliphatic rings. The van der Waals surface area contributed by atoms with Crippen LogP contribution in [0.1, 0.15) is 36.6 Å². The minimum atomic E-state index is -4.40. The quantitative estimate of drug-likeness (QED) is 0.549. The van der Waals surface area contributed by atoms with E-state index in [-0.39, 0.29) is 12.0 Å². The predicted molar refractivity (Wildman–Crippen MR) is 113 cm³/mol. The molecule has 1 N–H and O–H groups in total. The van der Waals surface area contributed by atoms with Gasteiger partial charge in [-0.2, -0.15) is 13.2 Å². The Kier molecular flexibility index (Phi) is 6.99. The Hall–Kier alpha value is -1.69. The summed E-state index contributed by atoms with van der Waals surface area (Å²) in [6.45, 7) is 4.21. The fourth-order valence-corrected chi connectivity index (χ4v) is 4.79. The van der Waals surface area contributed by atoms with Crippen LogP contribution in [0, 0.1) is 12.3 Å². The van der Waals surface area contributed by atoms with E-state index in [4.69, 9.17) is 9.47 Å². The van der Waals surface area contributed by atoms with Crippen LogP contribution in [0.3, 0.4) is 0 Å². The fraction of sp³-hybridized carbons (Fsp3) is 0.700. The molecule has 2 heterocycles. The van der Waals surface area contributed by atoms with Crippen molar-refractivity contribution < 1.29 is 22.6 Å². The minimum absolute atomic E-state index is 0.151. The number of hydrogen-bond donors (Lipinski definition) is 1. The lowest BCUT2D eigenvalue weighted by atomic mass is 10.1. The zero-order valence-electron chi connectivity index (χ0n) is 18.1. The van der Waals surface area contributed by atoms with Gasteiger partial charge in [0.1, 0.15) is 4.83 Å². The van der Waals surface area contributed by atoms with Crippen molar-refractivity contribution in [3.63, 3.8) is 0 Å². The number of fused-ring (bicyclic) bond motifs is 1. The molecule has 0 unspecified atom stereocenters. The lowest BCUT2D eigenvalue weighted by molar-refractivity contribution is -0.136. The molecular weight excluding hydrogens is 435 g/mol.